The second kappa shape index (κ2) is 6.71. The molecule has 1 saturated heterocycles. The van der Waals surface area contributed by atoms with E-state index in [2.05, 4.69) is 16.2 Å². The summed E-state index contributed by atoms with van der Waals surface area (Å²) in [6.45, 7) is 4.05. The Labute approximate surface area is 141 Å². The van der Waals surface area contributed by atoms with Gasteiger partial charge in [-0.25, -0.2) is 10.9 Å². The van der Waals surface area contributed by atoms with Crippen molar-refractivity contribution in [2.45, 2.75) is 32.4 Å². The number of hydrazine groups is 1. The van der Waals surface area contributed by atoms with E-state index in [9.17, 15) is 4.79 Å². The van der Waals surface area contributed by atoms with Crippen LogP contribution in [0.1, 0.15) is 29.2 Å². The van der Waals surface area contributed by atoms with Gasteiger partial charge in [0.1, 0.15) is 6.04 Å². The molecule has 1 amide bonds. The standard InChI is InChI=1S/C18H20ClN3O/c1-11-5-3-8-15(12(11)2)20-18(23)17-10-16(21-22-17)13-6-4-7-14(19)9-13/h3-9,16-17,21-22H,10H2,1-2H3,(H,20,23). The zero-order chi connectivity index (χ0) is 16.4. The molecule has 0 aromatic heterocycles. The van der Waals surface area contributed by atoms with Crippen molar-refractivity contribution < 1.29 is 4.79 Å². The summed E-state index contributed by atoms with van der Waals surface area (Å²) in [5.41, 5.74) is 10.4. The van der Waals surface area contributed by atoms with Gasteiger partial charge in [0.25, 0.3) is 0 Å². The first-order valence-corrected chi connectivity index (χ1v) is 8.06. The number of hydrogen-bond acceptors (Lipinski definition) is 3. The predicted octanol–water partition coefficient (Wildman–Crippen LogP) is 3.50. The lowest BCUT2D eigenvalue weighted by molar-refractivity contribution is -0.117. The Hall–Kier alpha value is -1.88. The maximum atomic E-state index is 12.5. The zero-order valence-electron chi connectivity index (χ0n) is 13.2. The predicted molar refractivity (Wildman–Crippen MR) is 93.4 cm³/mol. The summed E-state index contributed by atoms with van der Waals surface area (Å²) < 4.78 is 0. The Morgan fingerprint density at radius 1 is 1.17 bits per heavy atom. The minimum Gasteiger partial charge on any atom is -0.324 e. The second-order valence-electron chi connectivity index (χ2n) is 5.92. The molecule has 0 saturated carbocycles. The van der Waals surface area contributed by atoms with Crippen LogP contribution in [0.3, 0.4) is 0 Å². The maximum absolute atomic E-state index is 12.5. The molecular weight excluding hydrogens is 310 g/mol. The first-order chi connectivity index (χ1) is 11.0. The topological polar surface area (TPSA) is 53.2 Å². The van der Waals surface area contributed by atoms with Gasteiger partial charge in [-0.2, -0.15) is 0 Å². The molecule has 2 aromatic carbocycles. The molecule has 1 aliphatic heterocycles. The molecule has 2 aromatic rings. The molecule has 0 spiro atoms. The van der Waals surface area contributed by atoms with Crippen LogP contribution in [0, 0.1) is 13.8 Å². The molecule has 1 aliphatic rings. The third kappa shape index (κ3) is 3.55. The highest BCUT2D eigenvalue weighted by Gasteiger charge is 2.30. The lowest BCUT2D eigenvalue weighted by Crippen LogP contribution is -2.39. The summed E-state index contributed by atoms with van der Waals surface area (Å²) in [6.07, 6.45) is 0.678. The van der Waals surface area contributed by atoms with E-state index in [1.54, 1.807) is 0 Å². The van der Waals surface area contributed by atoms with Gasteiger partial charge in [-0.05, 0) is 55.2 Å². The fourth-order valence-electron chi connectivity index (χ4n) is 2.78. The minimum atomic E-state index is -0.279. The van der Waals surface area contributed by atoms with Gasteiger partial charge < -0.3 is 5.32 Å². The minimum absolute atomic E-state index is 0.0317. The van der Waals surface area contributed by atoms with Gasteiger partial charge >= 0.3 is 0 Å². The number of hydrogen-bond donors (Lipinski definition) is 3. The highest BCUT2D eigenvalue weighted by molar-refractivity contribution is 6.30. The summed E-state index contributed by atoms with van der Waals surface area (Å²) in [4.78, 5) is 12.5. The maximum Gasteiger partial charge on any atom is 0.242 e. The summed E-state index contributed by atoms with van der Waals surface area (Å²) in [7, 11) is 0. The molecule has 3 rings (SSSR count). The van der Waals surface area contributed by atoms with Crippen molar-refractivity contribution in [1.29, 1.82) is 0 Å². The molecule has 23 heavy (non-hydrogen) atoms. The van der Waals surface area contributed by atoms with Crippen molar-refractivity contribution in [3.63, 3.8) is 0 Å². The van der Waals surface area contributed by atoms with E-state index < -0.39 is 0 Å². The monoisotopic (exact) mass is 329 g/mol. The van der Waals surface area contributed by atoms with E-state index in [0.717, 1.165) is 22.4 Å². The normalized spacial score (nSPS) is 20.5. The highest BCUT2D eigenvalue weighted by Crippen LogP contribution is 2.25. The van der Waals surface area contributed by atoms with E-state index in [1.165, 1.54) is 0 Å². The van der Waals surface area contributed by atoms with Gasteiger partial charge in [0.05, 0.1) is 0 Å². The van der Waals surface area contributed by atoms with Crippen LogP contribution in [-0.4, -0.2) is 11.9 Å². The van der Waals surface area contributed by atoms with Gasteiger partial charge in [0.15, 0.2) is 0 Å². The van der Waals surface area contributed by atoms with Crippen LogP contribution < -0.4 is 16.2 Å². The summed E-state index contributed by atoms with van der Waals surface area (Å²) in [6, 6.07) is 13.4. The molecule has 2 atom stereocenters. The number of amides is 1. The summed E-state index contributed by atoms with van der Waals surface area (Å²) in [5.74, 6) is -0.0317. The fraction of sp³-hybridized carbons (Fsp3) is 0.278. The third-order valence-corrected chi connectivity index (χ3v) is 4.57. The van der Waals surface area contributed by atoms with E-state index in [0.29, 0.717) is 11.4 Å². The van der Waals surface area contributed by atoms with Crippen LogP contribution >= 0.6 is 11.6 Å². The first kappa shape index (κ1) is 16.0. The van der Waals surface area contributed by atoms with E-state index in [-0.39, 0.29) is 18.0 Å². The van der Waals surface area contributed by atoms with Gasteiger partial charge in [-0.1, -0.05) is 35.9 Å². The number of halogens is 1. The van der Waals surface area contributed by atoms with Crippen LogP contribution in [0.25, 0.3) is 0 Å². The van der Waals surface area contributed by atoms with Gasteiger partial charge in [-0.3, -0.25) is 4.79 Å². The third-order valence-electron chi connectivity index (χ3n) is 4.33. The van der Waals surface area contributed by atoms with E-state index >= 15 is 0 Å². The van der Waals surface area contributed by atoms with Crippen molar-refractivity contribution in [1.82, 2.24) is 10.9 Å². The van der Waals surface area contributed by atoms with Gasteiger partial charge in [-0.15, -0.1) is 0 Å². The molecule has 4 nitrogen and oxygen atoms in total. The van der Waals surface area contributed by atoms with Crippen molar-refractivity contribution in [2.24, 2.45) is 0 Å². The van der Waals surface area contributed by atoms with Crippen LogP contribution in [0.4, 0.5) is 5.69 Å². The SMILES string of the molecule is Cc1cccc(NC(=O)C2CC(c3cccc(Cl)c3)NN2)c1C. The Kier molecular flexibility index (Phi) is 4.66. The zero-order valence-corrected chi connectivity index (χ0v) is 13.9. The Balaban J connectivity index is 1.67. The number of rotatable bonds is 3. The van der Waals surface area contributed by atoms with Crippen molar-refractivity contribution in [3.05, 3.63) is 64.2 Å². The lowest BCUT2D eigenvalue weighted by atomic mass is 10.0. The Bertz CT molecular complexity index is 732. The molecule has 5 heteroatoms. The summed E-state index contributed by atoms with van der Waals surface area (Å²) >= 11 is 6.03. The number of carbonyl (C=O) groups excluding carboxylic acids is 1. The van der Waals surface area contributed by atoms with Gasteiger partial charge in [0, 0.05) is 16.8 Å². The van der Waals surface area contributed by atoms with Crippen LogP contribution in [0.5, 0.6) is 0 Å². The number of nitrogens with one attached hydrogen (secondary N) is 3. The Morgan fingerprint density at radius 3 is 2.74 bits per heavy atom. The quantitative estimate of drug-likeness (QED) is 0.807. The molecule has 0 radical (unpaired) electrons. The van der Waals surface area contributed by atoms with Crippen LogP contribution in [0.2, 0.25) is 5.02 Å². The lowest BCUT2D eigenvalue weighted by Gasteiger charge is -2.13. The highest BCUT2D eigenvalue weighted by atomic mass is 35.5. The van der Waals surface area contributed by atoms with Crippen LogP contribution in [0.15, 0.2) is 42.5 Å². The molecule has 3 N–H and O–H groups in total. The second-order valence-corrected chi connectivity index (χ2v) is 6.36. The molecule has 1 fully saturated rings. The average Bonchev–Trinajstić information content (AvgIpc) is 3.02. The first-order valence-electron chi connectivity index (χ1n) is 7.68. The fourth-order valence-corrected chi connectivity index (χ4v) is 2.98. The molecule has 120 valence electrons. The van der Waals surface area contributed by atoms with Crippen molar-refractivity contribution in [2.75, 3.05) is 5.32 Å². The molecule has 0 bridgehead atoms. The van der Waals surface area contributed by atoms with Crippen LogP contribution in [-0.2, 0) is 4.79 Å². The largest absolute Gasteiger partial charge is 0.324 e. The Morgan fingerprint density at radius 2 is 1.96 bits per heavy atom. The van der Waals surface area contributed by atoms with E-state index in [4.69, 9.17) is 11.6 Å². The van der Waals surface area contributed by atoms with E-state index in [1.807, 2.05) is 56.3 Å². The summed E-state index contributed by atoms with van der Waals surface area (Å²) in [5, 5.41) is 3.71. The number of anilines is 1. The number of benzene rings is 2. The smallest absolute Gasteiger partial charge is 0.242 e. The van der Waals surface area contributed by atoms with Crippen molar-refractivity contribution >= 4 is 23.2 Å². The van der Waals surface area contributed by atoms with Crippen molar-refractivity contribution in [3.8, 4) is 0 Å². The molecular formula is C18H20ClN3O. The number of aryl methyl sites for hydroxylation is 1. The molecule has 0 aliphatic carbocycles. The number of carbonyl (C=O) groups is 1. The molecule has 2 unspecified atom stereocenters. The average molecular weight is 330 g/mol. The molecule has 1 heterocycles. The van der Waals surface area contributed by atoms with Gasteiger partial charge in [0.2, 0.25) is 5.91 Å².